The van der Waals surface area contributed by atoms with Gasteiger partial charge in [-0.3, -0.25) is 9.59 Å². The van der Waals surface area contributed by atoms with E-state index in [-0.39, 0.29) is 11.8 Å². The molecule has 1 aliphatic rings. The Morgan fingerprint density at radius 1 is 1.08 bits per heavy atom. The number of hydrogen-bond donors (Lipinski definition) is 2. The van der Waals surface area contributed by atoms with Gasteiger partial charge >= 0.3 is 0 Å². The lowest BCUT2D eigenvalue weighted by molar-refractivity contribution is -0.116. The van der Waals surface area contributed by atoms with Crippen LogP contribution >= 0.6 is 0 Å². The van der Waals surface area contributed by atoms with Gasteiger partial charge in [-0.05, 0) is 36.2 Å². The second-order valence-corrected chi connectivity index (χ2v) is 6.24. The zero-order chi connectivity index (χ0) is 18.4. The van der Waals surface area contributed by atoms with E-state index in [9.17, 15) is 9.59 Å². The number of nitrogens with zero attached hydrogens (tertiary/aromatic N) is 1. The Labute approximate surface area is 152 Å². The first-order valence-electron chi connectivity index (χ1n) is 8.74. The van der Waals surface area contributed by atoms with Gasteiger partial charge in [0.1, 0.15) is 0 Å². The van der Waals surface area contributed by atoms with E-state index in [0.717, 1.165) is 5.56 Å². The smallest absolute Gasteiger partial charge is 0.256 e. The maximum atomic E-state index is 12.7. The number of carbonyl (C=O) groups excluding carboxylic acids is 2. The molecule has 6 heteroatoms. The predicted octanol–water partition coefficient (Wildman–Crippen LogP) is 2.31. The number of ether oxygens (including phenoxy) is 1. The standard InChI is InChI=1S/C20H23N3O3/c21-16-5-3-4-15(14-16)8-9-19(24)22-18-7-2-1-6-17(18)20(25)23-10-12-26-13-11-23/h1-7,14H,8-13,21H2,(H,22,24). The normalized spacial score (nSPS) is 14.1. The summed E-state index contributed by atoms with van der Waals surface area (Å²) in [7, 11) is 0. The van der Waals surface area contributed by atoms with Crippen molar-refractivity contribution in [2.75, 3.05) is 37.4 Å². The van der Waals surface area contributed by atoms with Crippen molar-refractivity contribution < 1.29 is 14.3 Å². The minimum absolute atomic E-state index is 0.0833. The molecule has 0 saturated carbocycles. The molecule has 1 fully saturated rings. The number of benzene rings is 2. The molecule has 136 valence electrons. The van der Waals surface area contributed by atoms with Gasteiger partial charge in [-0.1, -0.05) is 24.3 Å². The van der Waals surface area contributed by atoms with Gasteiger partial charge in [-0.15, -0.1) is 0 Å². The second kappa shape index (κ2) is 8.49. The van der Waals surface area contributed by atoms with Crippen molar-refractivity contribution in [3.63, 3.8) is 0 Å². The van der Waals surface area contributed by atoms with Crippen molar-refractivity contribution in [1.82, 2.24) is 4.90 Å². The number of hydrogen-bond acceptors (Lipinski definition) is 4. The molecular weight excluding hydrogens is 330 g/mol. The highest BCUT2D eigenvalue weighted by atomic mass is 16.5. The molecule has 2 aromatic carbocycles. The van der Waals surface area contributed by atoms with Crippen LogP contribution in [0.3, 0.4) is 0 Å². The quantitative estimate of drug-likeness (QED) is 0.808. The number of para-hydroxylation sites is 1. The number of carbonyl (C=O) groups is 2. The highest BCUT2D eigenvalue weighted by molar-refractivity contribution is 6.03. The zero-order valence-corrected chi connectivity index (χ0v) is 14.6. The summed E-state index contributed by atoms with van der Waals surface area (Å²) in [4.78, 5) is 26.8. The van der Waals surface area contributed by atoms with Crippen LogP contribution in [0.15, 0.2) is 48.5 Å². The fourth-order valence-corrected chi connectivity index (χ4v) is 2.93. The van der Waals surface area contributed by atoms with Crippen LogP contribution in [0.25, 0.3) is 0 Å². The van der Waals surface area contributed by atoms with Crippen LogP contribution in [0.5, 0.6) is 0 Å². The number of nitrogen functional groups attached to an aromatic ring is 1. The summed E-state index contributed by atoms with van der Waals surface area (Å²) in [5, 5.41) is 2.87. The van der Waals surface area contributed by atoms with E-state index >= 15 is 0 Å². The largest absolute Gasteiger partial charge is 0.399 e. The maximum absolute atomic E-state index is 12.7. The van der Waals surface area contributed by atoms with E-state index in [1.165, 1.54) is 0 Å². The van der Waals surface area contributed by atoms with Crippen LogP contribution in [0.4, 0.5) is 11.4 Å². The molecule has 3 rings (SSSR count). The van der Waals surface area contributed by atoms with E-state index in [1.54, 1.807) is 23.1 Å². The van der Waals surface area contributed by atoms with Crippen molar-refractivity contribution in [2.24, 2.45) is 0 Å². The number of morpholine rings is 1. The summed E-state index contributed by atoms with van der Waals surface area (Å²) in [6, 6.07) is 14.6. The van der Waals surface area contributed by atoms with Gasteiger partial charge in [0, 0.05) is 25.2 Å². The van der Waals surface area contributed by atoms with E-state index < -0.39 is 0 Å². The first-order chi connectivity index (χ1) is 12.6. The van der Waals surface area contributed by atoms with E-state index in [4.69, 9.17) is 10.5 Å². The highest BCUT2D eigenvalue weighted by Crippen LogP contribution is 2.19. The summed E-state index contributed by atoms with van der Waals surface area (Å²) < 4.78 is 5.29. The monoisotopic (exact) mass is 353 g/mol. The molecule has 1 heterocycles. The molecule has 0 aromatic heterocycles. The molecule has 0 radical (unpaired) electrons. The third kappa shape index (κ3) is 4.61. The molecular formula is C20H23N3O3. The lowest BCUT2D eigenvalue weighted by Crippen LogP contribution is -2.41. The van der Waals surface area contributed by atoms with Gasteiger partial charge < -0.3 is 20.7 Å². The summed E-state index contributed by atoms with van der Waals surface area (Å²) in [6.45, 7) is 2.22. The Morgan fingerprint density at radius 3 is 2.62 bits per heavy atom. The molecule has 1 aliphatic heterocycles. The molecule has 26 heavy (non-hydrogen) atoms. The van der Waals surface area contributed by atoms with Crippen molar-refractivity contribution in [3.8, 4) is 0 Å². The molecule has 0 aliphatic carbocycles. The highest BCUT2D eigenvalue weighted by Gasteiger charge is 2.21. The van der Waals surface area contributed by atoms with Crippen molar-refractivity contribution in [1.29, 1.82) is 0 Å². The Morgan fingerprint density at radius 2 is 1.85 bits per heavy atom. The van der Waals surface area contributed by atoms with Gasteiger partial charge in [-0.2, -0.15) is 0 Å². The predicted molar refractivity (Wildman–Crippen MR) is 101 cm³/mol. The van der Waals surface area contributed by atoms with E-state index in [2.05, 4.69) is 5.32 Å². The molecule has 3 N–H and O–H groups in total. The second-order valence-electron chi connectivity index (χ2n) is 6.24. The first kappa shape index (κ1) is 17.9. The number of amides is 2. The molecule has 2 aromatic rings. The van der Waals surface area contributed by atoms with Gasteiger partial charge in [0.05, 0.1) is 24.5 Å². The summed E-state index contributed by atoms with van der Waals surface area (Å²) in [5.74, 6) is -0.213. The van der Waals surface area contributed by atoms with Crippen LogP contribution in [0, 0.1) is 0 Å². The van der Waals surface area contributed by atoms with Crippen LogP contribution < -0.4 is 11.1 Å². The first-order valence-corrected chi connectivity index (χ1v) is 8.74. The Balaban J connectivity index is 1.63. The van der Waals surface area contributed by atoms with Crippen molar-refractivity contribution in [3.05, 3.63) is 59.7 Å². The van der Waals surface area contributed by atoms with Crippen LogP contribution in [-0.4, -0.2) is 43.0 Å². The van der Waals surface area contributed by atoms with Crippen LogP contribution in [-0.2, 0) is 16.0 Å². The van der Waals surface area contributed by atoms with E-state index in [0.29, 0.717) is 56.1 Å². The minimum atomic E-state index is -0.130. The summed E-state index contributed by atoms with van der Waals surface area (Å²) >= 11 is 0. The number of rotatable bonds is 5. The van der Waals surface area contributed by atoms with Crippen LogP contribution in [0.1, 0.15) is 22.3 Å². The molecule has 0 atom stereocenters. The molecule has 0 spiro atoms. The summed E-state index contributed by atoms with van der Waals surface area (Å²) in [5.41, 5.74) is 8.51. The SMILES string of the molecule is Nc1cccc(CCC(=O)Nc2ccccc2C(=O)N2CCOCC2)c1. The average Bonchev–Trinajstić information content (AvgIpc) is 2.67. The van der Waals surface area contributed by atoms with Crippen LogP contribution in [0.2, 0.25) is 0 Å². The average molecular weight is 353 g/mol. The lowest BCUT2D eigenvalue weighted by Gasteiger charge is -2.27. The number of nitrogens with one attached hydrogen (secondary N) is 1. The van der Waals surface area contributed by atoms with Gasteiger partial charge in [0.25, 0.3) is 5.91 Å². The molecule has 6 nitrogen and oxygen atoms in total. The van der Waals surface area contributed by atoms with Gasteiger partial charge in [0.2, 0.25) is 5.91 Å². The molecule has 0 unspecified atom stereocenters. The fourth-order valence-electron chi connectivity index (χ4n) is 2.93. The summed E-state index contributed by atoms with van der Waals surface area (Å²) in [6.07, 6.45) is 0.917. The lowest BCUT2D eigenvalue weighted by atomic mass is 10.1. The number of aryl methyl sites for hydroxylation is 1. The van der Waals surface area contributed by atoms with E-state index in [1.807, 2.05) is 30.3 Å². The van der Waals surface area contributed by atoms with Gasteiger partial charge in [-0.25, -0.2) is 0 Å². The Hall–Kier alpha value is -2.86. The van der Waals surface area contributed by atoms with Gasteiger partial charge in [0.15, 0.2) is 0 Å². The fraction of sp³-hybridized carbons (Fsp3) is 0.300. The molecule has 1 saturated heterocycles. The number of anilines is 2. The van der Waals surface area contributed by atoms with Crippen molar-refractivity contribution in [2.45, 2.75) is 12.8 Å². The molecule has 0 bridgehead atoms. The Kier molecular flexibility index (Phi) is 5.86. The number of nitrogens with two attached hydrogens (primary N) is 1. The molecule has 2 amide bonds. The Bertz CT molecular complexity index is 785. The zero-order valence-electron chi connectivity index (χ0n) is 14.6. The third-order valence-corrected chi connectivity index (χ3v) is 4.32. The minimum Gasteiger partial charge on any atom is -0.399 e. The maximum Gasteiger partial charge on any atom is 0.256 e. The van der Waals surface area contributed by atoms with Crippen molar-refractivity contribution >= 4 is 23.2 Å². The topological polar surface area (TPSA) is 84.7 Å². The third-order valence-electron chi connectivity index (χ3n) is 4.32.